The van der Waals surface area contributed by atoms with E-state index in [1.54, 1.807) is 0 Å². The summed E-state index contributed by atoms with van der Waals surface area (Å²) in [7, 11) is 0. The molecule has 0 aromatic carbocycles. The highest BCUT2D eigenvalue weighted by Gasteiger charge is 2.45. The number of aliphatic hydroxyl groups excluding tert-OH is 6. The summed E-state index contributed by atoms with van der Waals surface area (Å²) in [6, 6.07) is -2.14. The largest absolute Gasteiger partial charge is 0.394 e. The molecule has 1 saturated heterocycles. The van der Waals surface area contributed by atoms with Crippen molar-refractivity contribution in [3.05, 3.63) is 0 Å². The lowest BCUT2D eigenvalue weighted by Gasteiger charge is -2.42. The van der Waals surface area contributed by atoms with Crippen molar-refractivity contribution < 1.29 is 92.6 Å². The average molecular weight is 969 g/mol. The maximum Gasteiger partial charge on any atom is 0.242 e. The third-order valence-corrected chi connectivity index (χ3v) is 9.92. The van der Waals surface area contributed by atoms with Crippen LogP contribution in [0.3, 0.4) is 0 Å². The topological polar surface area (TPSA) is 368 Å². The first-order chi connectivity index (χ1) is 31.9. The highest BCUT2D eigenvalue weighted by atomic mass is 16.7. The van der Waals surface area contributed by atoms with E-state index in [-0.39, 0.29) is 103 Å². The first-order valence-corrected chi connectivity index (χ1v) is 22.7. The fourth-order valence-corrected chi connectivity index (χ4v) is 6.34. The van der Waals surface area contributed by atoms with Gasteiger partial charge in [0.15, 0.2) is 12.5 Å². The van der Waals surface area contributed by atoms with Crippen molar-refractivity contribution in [2.75, 3.05) is 72.5 Å². The highest BCUT2D eigenvalue weighted by molar-refractivity contribution is 5.88. The molecular weight excluding hydrogens is 892 g/mol. The van der Waals surface area contributed by atoms with E-state index in [1.807, 2.05) is 0 Å². The van der Waals surface area contributed by atoms with Crippen molar-refractivity contribution in [1.82, 2.24) is 31.9 Å². The number of amides is 6. The van der Waals surface area contributed by atoms with E-state index in [9.17, 15) is 64.2 Å². The summed E-state index contributed by atoms with van der Waals surface area (Å²) in [5.41, 5.74) is 0. The van der Waals surface area contributed by atoms with Crippen LogP contribution in [-0.2, 0) is 62.0 Å². The second-order valence-corrected chi connectivity index (χ2v) is 15.9. The summed E-state index contributed by atoms with van der Waals surface area (Å²) < 4.78 is 32.8. The molecule has 25 heteroatoms. The molecule has 67 heavy (non-hydrogen) atoms. The minimum Gasteiger partial charge on any atom is -0.394 e. The van der Waals surface area contributed by atoms with Crippen molar-refractivity contribution in [2.24, 2.45) is 0 Å². The molecule has 25 nitrogen and oxygen atoms in total. The fourth-order valence-electron chi connectivity index (χ4n) is 6.34. The van der Waals surface area contributed by atoms with Gasteiger partial charge in [-0.3, -0.25) is 28.8 Å². The number of carbonyl (C=O) groups is 7. The van der Waals surface area contributed by atoms with Crippen LogP contribution in [0.15, 0.2) is 0 Å². The van der Waals surface area contributed by atoms with E-state index < -0.39 is 98.3 Å². The van der Waals surface area contributed by atoms with E-state index in [1.165, 1.54) is 27.7 Å². The van der Waals surface area contributed by atoms with Gasteiger partial charge in [-0.2, -0.15) is 0 Å². The van der Waals surface area contributed by atoms with Crippen molar-refractivity contribution >= 4 is 41.2 Å². The van der Waals surface area contributed by atoms with E-state index in [0.29, 0.717) is 19.3 Å². The standard InChI is InChI=1S/C42H76N6O19/c1-26(51)10-7-5-6-8-11-35(57)48-30(39(60)45-17-19-63-21-23-65-42(40(61)47-29(4)54)66-31(24-49)27(2)52)13-14-34(56)43-15-9-12-33(55)44-16-18-62-20-22-64-41-36(46-28(3)53)38(59)37(58)32(25-50)67-41/h27,30-32,36-38,40-42,49-50,52,58-59,61H,5-25H2,1-4H3,(H,43,56)(H,44,55)(H,45,60)(H,46,53)(H,47,54)(H,48,57). The number of rotatable bonds is 38. The lowest BCUT2D eigenvalue weighted by Crippen LogP contribution is -2.64. The summed E-state index contributed by atoms with van der Waals surface area (Å²) in [5.74, 6) is -2.59. The van der Waals surface area contributed by atoms with Gasteiger partial charge in [-0.1, -0.05) is 12.8 Å². The van der Waals surface area contributed by atoms with Crippen LogP contribution in [0.2, 0.25) is 0 Å². The van der Waals surface area contributed by atoms with Crippen molar-refractivity contribution in [3.63, 3.8) is 0 Å². The Balaban J connectivity index is 2.49. The van der Waals surface area contributed by atoms with Gasteiger partial charge >= 0.3 is 0 Å². The maximum absolute atomic E-state index is 13.2. The second-order valence-electron chi connectivity index (χ2n) is 15.9. The summed E-state index contributed by atoms with van der Waals surface area (Å²) in [6.45, 7) is 4.44. The lowest BCUT2D eigenvalue weighted by molar-refractivity contribution is -0.272. The van der Waals surface area contributed by atoms with E-state index in [0.717, 1.165) is 19.3 Å². The van der Waals surface area contributed by atoms with Gasteiger partial charge in [0.2, 0.25) is 41.7 Å². The molecule has 388 valence electrons. The van der Waals surface area contributed by atoms with Gasteiger partial charge in [-0.25, -0.2) is 0 Å². The average Bonchev–Trinajstić information content (AvgIpc) is 3.26. The zero-order valence-electron chi connectivity index (χ0n) is 39.1. The van der Waals surface area contributed by atoms with Gasteiger partial charge in [0, 0.05) is 59.2 Å². The van der Waals surface area contributed by atoms with E-state index in [4.69, 9.17) is 28.4 Å². The van der Waals surface area contributed by atoms with Gasteiger partial charge < -0.3 is 95.8 Å². The molecule has 0 radical (unpaired) electrons. The number of aliphatic hydroxyl groups is 6. The summed E-state index contributed by atoms with van der Waals surface area (Å²) in [6.07, 6.45) is -6.82. The van der Waals surface area contributed by atoms with E-state index >= 15 is 0 Å². The molecule has 0 aromatic heterocycles. The highest BCUT2D eigenvalue weighted by Crippen LogP contribution is 2.22. The first kappa shape index (κ1) is 61.0. The Kier molecular flexibility index (Phi) is 32.8. The quantitative estimate of drug-likeness (QED) is 0.0206. The summed E-state index contributed by atoms with van der Waals surface area (Å²) >= 11 is 0. The van der Waals surface area contributed by atoms with Crippen molar-refractivity contribution in [1.29, 1.82) is 0 Å². The Bertz CT molecular complexity index is 1460. The molecule has 0 bridgehead atoms. The van der Waals surface area contributed by atoms with Crippen LogP contribution in [0.25, 0.3) is 0 Å². The van der Waals surface area contributed by atoms with Crippen LogP contribution in [0.4, 0.5) is 0 Å². The van der Waals surface area contributed by atoms with Gasteiger partial charge in [0.1, 0.15) is 42.3 Å². The normalized spacial score (nSPS) is 20.4. The monoisotopic (exact) mass is 969 g/mol. The molecule has 0 aromatic rings. The molecule has 0 spiro atoms. The molecule has 1 aliphatic rings. The molecule has 1 fully saturated rings. The number of hydrogen-bond acceptors (Lipinski definition) is 19. The van der Waals surface area contributed by atoms with Crippen LogP contribution in [0.1, 0.15) is 91.9 Å². The Morgan fingerprint density at radius 3 is 1.88 bits per heavy atom. The molecule has 0 saturated carbocycles. The zero-order valence-corrected chi connectivity index (χ0v) is 39.1. The van der Waals surface area contributed by atoms with Crippen molar-refractivity contribution in [3.8, 4) is 0 Å². The number of unbranched alkanes of at least 4 members (excludes halogenated alkanes) is 3. The van der Waals surface area contributed by atoms with Crippen LogP contribution in [-0.4, -0.2) is 206 Å². The molecule has 1 rings (SSSR count). The molecule has 10 unspecified atom stereocenters. The third-order valence-electron chi connectivity index (χ3n) is 9.92. The molecule has 12 N–H and O–H groups in total. The van der Waals surface area contributed by atoms with Gasteiger partial charge in [0.25, 0.3) is 0 Å². The molecule has 10 atom stereocenters. The summed E-state index contributed by atoms with van der Waals surface area (Å²) in [4.78, 5) is 85.1. The van der Waals surface area contributed by atoms with Crippen LogP contribution < -0.4 is 31.9 Å². The Hall–Kier alpha value is -3.99. The first-order valence-electron chi connectivity index (χ1n) is 22.7. The predicted molar refractivity (Wildman–Crippen MR) is 234 cm³/mol. The van der Waals surface area contributed by atoms with E-state index in [2.05, 4.69) is 31.9 Å². The molecule has 1 heterocycles. The number of ether oxygens (including phenoxy) is 6. The number of hydrogen-bond donors (Lipinski definition) is 12. The minimum absolute atomic E-state index is 0.00398. The predicted octanol–water partition coefficient (Wildman–Crippen LogP) is -4.14. The Morgan fingerprint density at radius 2 is 1.27 bits per heavy atom. The minimum atomic E-state index is -1.62. The maximum atomic E-state index is 13.2. The van der Waals surface area contributed by atoms with Crippen LogP contribution in [0.5, 0.6) is 0 Å². The molecule has 0 aliphatic carbocycles. The number of Topliss-reactive ketones (excluding diaryl/α,β-unsaturated/α-hetero) is 1. The van der Waals surface area contributed by atoms with Gasteiger partial charge in [-0.05, 0) is 39.5 Å². The Labute approximate surface area is 391 Å². The second kappa shape index (κ2) is 36.1. The molecule has 1 aliphatic heterocycles. The van der Waals surface area contributed by atoms with Crippen LogP contribution >= 0.6 is 0 Å². The molecular formula is C42H76N6O19. The Morgan fingerprint density at radius 1 is 0.657 bits per heavy atom. The number of ketones is 1. The van der Waals surface area contributed by atoms with Crippen LogP contribution in [0, 0.1) is 0 Å². The third kappa shape index (κ3) is 28.2. The fraction of sp³-hybridized carbons (Fsp3) is 0.833. The smallest absolute Gasteiger partial charge is 0.242 e. The number of carbonyl (C=O) groups excluding carboxylic acids is 7. The zero-order chi connectivity index (χ0) is 50.1. The lowest BCUT2D eigenvalue weighted by atomic mass is 9.97. The van der Waals surface area contributed by atoms with Gasteiger partial charge in [-0.15, -0.1) is 0 Å². The van der Waals surface area contributed by atoms with Gasteiger partial charge in [0.05, 0.1) is 59.0 Å². The molecule has 6 amide bonds. The number of nitrogens with one attached hydrogen (secondary N) is 6. The summed E-state index contributed by atoms with van der Waals surface area (Å²) in [5, 5.41) is 74.7. The van der Waals surface area contributed by atoms with Crippen molar-refractivity contribution in [2.45, 2.75) is 153 Å². The SMILES string of the molecule is CC(=O)CCCCCCC(=O)NC(CCC(=O)NCCCC(=O)NCCOCCOC1OC(CO)C(O)C(O)C1NC(C)=O)C(=O)NCCOCCOC(OC(CO)C(C)O)C(O)NC(C)=O.